The summed E-state index contributed by atoms with van der Waals surface area (Å²) in [5, 5.41) is 1.14. The molecular formula is C15H16Cl2N4. The number of nitrogens with zero attached hydrogens (tertiary/aromatic N) is 3. The van der Waals surface area contributed by atoms with Gasteiger partial charge in [0.1, 0.15) is 5.82 Å². The lowest BCUT2D eigenvalue weighted by atomic mass is 10.1. The maximum atomic E-state index is 6.22. The highest BCUT2D eigenvalue weighted by atomic mass is 35.5. The summed E-state index contributed by atoms with van der Waals surface area (Å²) in [4.78, 5) is 11.1. The van der Waals surface area contributed by atoms with Crippen LogP contribution < -0.4 is 10.6 Å². The van der Waals surface area contributed by atoms with Crippen LogP contribution in [0.3, 0.4) is 0 Å². The first-order valence-corrected chi connectivity index (χ1v) is 7.73. The van der Waals surface area contributed by atoms with E-state index >= 15 is 0 Å². The Labute approximate surface area is 133 Å². The van der Waals surface area contributed by atoms with E-state index in [1.807, 2.05) is 6.07 Å². The minimum atomic E-state index is 0.440. The summed E-state index contributed by atoms with van der Waals surface area (Å²) in [6.07, 6.45) is 5.36. The van der Waals surface area contributed by atoms with E-state index in [1.54, 1.807) is 18.3 Å². The number of anilines is 2. The van der Waals surface area contributed by atoms with Gasteiger partial charge in [-0.05, 0) is 31.4 Å². The zero-order valence-corrected chi connectivity index (χ0v) is 13.0. The van der Waals surface area contributed by atoms with Gasteiger partial charge >= 0.3 is 0 Å². The lowest BCUT2D eigenvalue weighted by molar-refractivity contribution is 0.568. The second-order valence-electron chi connectivity index (χ2n) is 5.14. The summed E-state index contributed by atoms with van der Waals surface area (Å²) in [6.45, 7) is 1.97. The fraction of sp³-hybridized carbons (Fsp3) is 0.333. The standard InChI is InChI=1S/C15H16Cl2N4/c16-10-4-5-11(13(17)8-10)12-9-19-15(20-14(12)18)21-6-2-1-3-7-21/h4-5,8-9H,1-3,6-7H2,(H2,18,19,20). The quantitative estimate of drug-likeness (QED) is 0.907. The number of hydrogen-bond acceptors (Lipinski definition) is 4. The fourth-order valence-corrected chi connectivity index (χ4v) is 3.06. The Bertz CT molecular complexity index is 654. The number of nitrogen functional groups attached to an aromatic ring is 1. The molecule has 2 N–H and O–H groups in total. The van der Waals surface area contributed by atoms with Crippen molar-refractivity contribution in [2.24, 2.45) is 0 Å². The zero-order chi connectivity index (χ0) is 14.8. The Hall–Kier alpha value is -1.52. The van der Waals surface area contributed by atoms with Crippen molar-refractivity contribution in [1.82, 2.24) is 9.97 Å². The molecule has 0 amide bonds. The van der Waals surface area contributed by atoms with Gasteiger partial charge in [0, 0.05) is 35.4 Å². The van der Waals surface area contributed by atoms with E-state index < -0.39 is 0 Å². The minimum absolute atomic E-state index is 0.440. The molecule has 0 saturated carbocycles. The van der Waals surface area contributed by atoms with E-state index in [-0.39, 0.29) is 0 Å². The van der Waals surface area contributed by atoms with Gasteiger partial charge in [-0.3, -0.25) is 0 Å². The third-order valence-electron chi connectivity index (χ3n) is 3.67. The molecule has 110 valence electrons. The molecule has 1 aliphatic heterocycles. The van der Waals surface area contributed by atoms with Crippen LogP contribution >= 0.6 is 23.2 Å². The van der Waals surface area contributed by atoms with Crippen LogP contribution in [0.1, 0.15) is 19.3 Å². The topological polar surface area (TPSA) is 55.0 Å². The van der Waals surface area contributed by atoms with Gasteiger partial charge in [-0.1, -0.05) is 29.3 Å². The Balaban J connectivity index is 1.93. The maximum Gasteiger partial charge on any atom is 0.227 e. The number of benzene rings is 1. The SMILES string of the molecule is Nc1nc(N2CCCCC2)ncc1-c1ccc(Cl)cc1Cl. The lowest BCUT2D eigenvalue weighted by Crippen LogP contribution is -2.31. The van der Waals surface area contributed by atoms with E-state index in [1.165, 1.54) is 19.3 Å². The molecular weight excluding hydrogens is 307 g/mol. The third kappa shape index (κ3) is 3.06. The number of halogens is 2. The first kappa shape index (κ1) is 14.4. The molecule has 3 rings (SSSR count). The predicted octanol–water partition coefficient (Wildman–Crippen LogP) is 4.02. The Kier molecular flexibility index (Phi) is 4.17. The normalized spacial score (nSPS) is 15.2. The van der Waals surface area contributed by atoms with E-state index in [4.69, 9.17) is 28.9 Å². The molecule has 0 spiro atoms. The lowest BCUT2D eigenvalue weighted by Gasteiger charge is -2.26. The average Bonchev–Trinajstić information content (AvgIpc) is 2.49. The van der Waals surface area contributed by atoms with Crippen LogP contribution in [0, 0.1) is 0 Å². The highest BCUT2D eigenvalue weighted by molar-refractivity contribution is 6.36. The molecule has 21 heavy (non-hydrogen) atoms. The number of aromatic nitrogens is 2. The fourth-order valence-electron chi connectivity index (χ4n) is 2.55. The molecule has 0 bridgehead atoms. The van der Waals surface area contributed by atoms with Crippen molar-refractivity contribution in [3.8, 4) is 11.1 Å². The van der Waals surface area contributed by atoms with Gasteiger partial charge in [0.25, 0.3) is 0 Å². The summed E-state index contributed by atoms with van der Waals surface area (Å²) >= 11 is 12.1. The second-order valence-corrected chi connectivity index (χ2v) is 5.98. The predicted molar refractivity (Wildman–Crippen MR) is 88.0 cm³/mol. The van der Waals surface area contributed by atoms with Crippen LogP contribution in [-0.2, 0) is 0 Å². The number of piperidine rings is 1. The summed E-state index contributed by atoms with van der Waals surface area (Å²) in [6, 6.07) is 5.30. The highest BCUT2D eigenvalue weighted by Gasteiger charge is 2.16. The molecule has 0 unspecified atom stereocenters. The number of rotatable bonds is 2. The van der Waals surface area contributed by atoms with Crippen molar-refractivity contribution in [1.29, 1.82) is 0 Å². The van der Waals surface area contributed by atoms with Crippen LogP contribution in [0.25, 0.3) is 11.1 Å². The molecule has 4 nitrogen and oxygen atoms in total. The zero-order valence-electron chi connectivity index (χ0n) is 11.5. The first-order chi connectivity index (χ1) is 10.1. The molecule has 0 radical (unpaired) electrons. The van der Waals surface area contributed by atoms with Gasteiger partial charge in [-0.15, -0.1) is 0 Å². The molecule has 6 heteroatoms. The van der Waals surface area contributed by atoms with Gasteiger partial charge in [-0.25, -0.2) is 4.98 Å². The summed E-state index contributed by atoms with van der Waals surface area (Å²) < 4.78 is 0. The molecule has 2 heterocycles. The van der Waals surface area contributed by atoms with E-state index in [0.717, 1.165) is 24.2 Å². The summed E-state index contributed by atoms with van der Waals surface area (Å²) in [5.74, 6) is 1.14. The molecule has 1 aromatic heterocycles. The molecule has 2 aromatic rings. The van der Waals surface area contributed by atoms with Crippen molar-refractivity contribution in [2.75, 3.05) is 23.7 Å². The van der Waals surface area contributed by atoms with Crippen LogP contribution in [0.2, 0.25) is 10.0 Å². The first-order valence-electron chi connectivity index (χ1n) is 6.98. The molecule has 1 aliphatic rings. The van der Waals surface area contributed by atoms with E-state index in [9.17, 15) is 0 Å². The Morgan fingerprint density at radius 3 is 2.48 bits per heavy atom. The minimum Gasteiger partial charge on any atom is -0.383 e. The third-order valence-corrected chi connectivity index (χ3v) is 4.21. The van der Waals surface area contributed by atoms with Crippen LogP contribution in [-0.4, -0.2) is 23.1 Å². The Morgan fingerprint density at radius 1 is 1.05 bits per heavy atom. The van der Waals surface area contributed by atoms with Gasteiger partial charge in [0.15, 0.2) is 0 Å². The van der Waals surface area contributed by atoms with E-state index in [2.05, 4.69) is 14.9 Å². The van der Waals surface area contributed by atoms with Gasteiger partial charge in [0.2, 0.25) is 5.95 Å². The molecule has 0 atom stereocenters. The van der Waals surface area contributed by atoms with Crippen molar-refractivity contribution >= 4 is 35.0 Å². The monoisotopic (exact) mass is 322 g/mol. The smallest absolute Gasteiger partial charge is 0.227 e. The van der Waals surface area contributed by atoms with Crippen LogP contribution in [0.15, 0.2) is 24.4 Å². The Morgan fingerprint density at radius 2 is 1.81 bits per heavy atom. The number of hydrogen-bond donors (Lipinski definition) is 1. The maximum absolute atomic E-state index is 6.22. The van der Waals surface area contributed by atoms with Gasteiger partial charge < -0.3 is 10.6 Å². The van der Waals surface area contributed by atoms with Crippen molar-refractivity contribution in [3.05, 3.63) is 34.4 Å². The second kappa shape index (κ2) is 6.08. The van der Waals surface area contributed by atoms with Gasteiger partial charge in [0.05, 0.1) is 5.02 Å². The molecule has 1 fully saturated rings. The van der Waals surface area contributed by atoms with Crippen LogP contribution in [0.4, 0.5) is 11.8 Å². The van der Waals surface area contributed by atoms with Crippen molar-refractivity contribution in [3.63, 3.8) is 0 Å². The van der Waals surface area contributed by atoms with Crippen molar-refractivity contribution < 1.29 is 0 Å². The number of nitrogens with two attached hydrogens (primary N) is 1. The summed E-state index contributed by atoms with van der Waals surface area (Å²) in [7, 11) is 0. The molecule has 1 aromatic carbocycles. The van der Waals surface area contributed by atoms with Crippen LogP contribution in [0.5, 0.6) is 0 Å². The average molecular weight is 323 g/mol. The highest BCUT2D eigenvalue weighted by Crippen LogP contribution is 2.33. The van der Waals surface area contributed by atoms with Gasteiger partial charge in [-0.2, -0.15) is 4.98 Å². The summed E-state index contributed by atoms with van der Waals surface area (Å²) in [5.41, 5.74) is 7.63. The van der Waals surface area contributed by atoms with E-state index in [0.29, 0.717) is 21.8 Å². The molecule has 1 saturated heterocycles. The molecule has 0 aliphatic carbocycles. The largest absolute Gasteiger partial charge is 0.383 e. The van der Waals surface area contributed by atoms with Crippen molar-refractivity contribution in [2.45, 2.75) is 19.3 Å².